The predicted molar refractivity (Wildman–Crippen MR) is 83.0 cm³/mol. The number of benzene rings is 1. The molecule has 0 aromatic heterocycles. The van der Waals surface area contributed by atoms with Gasteiger partial charge in [-0.3, -0.25) is 14.5 Å². The topological polar surface area (TPSA) is 37.4 Å². The third-order valence-electron chi connectivity index (χ3n) is 6.27. The van der Waals surface area contributed by atoms with E-state index in [1.165, 1.54) is 16.9 Å². The molecule has 3 fully saturated rings. The number of rotatable bonds is 2. The van der Waals surface area contributed by atoms with Crippen LogP contribution in [0.5, 0.6) is 0 Å². The molecule has 22 heavy (non-hydrogen) atoms. The summed E-state index contributed by atoms with van der Waals surface area (Å²) in [5, 5.41) is 0. The van der Waals surface area contributed by atoms with Crippen LogP contribution in [0.4, 0.5) is 5.69 Å². The molecule has 1 saturated heterocycles. The number of allylic oxidation sites excluding steroid dienone is 2. The van der Waals surface area contributed by atoms with Gasteiger partial charge in [-0.05, 0) is 54.2 Å². The Morgan fingerprint density at radius 1 is 0.955 bits per heavy atom. The Kier molecular flexibility index (Phi) is 2.35. The largest absolute Gasteiger partial charge is 0.274 e. The van der Waals surface area contributed by atoms with E-state index in [0.717, 1.165) is 12.1 Å². The van der Waals surface area contributed by atoms with Gasteiger partial charge < -0.3 is 0 Å². The molecule has 6 atom stereocenters. The van der Waals surface area contributed by atoms with Gasteiger partial charge in [0.05, 0.1) is 17.5 Å². The summed E-state index contributed by atoms with van der Waals surface area (Å²) in [4.78, 5) is 27.3. The summed E-state index contributed by atoms with van der Waals surface area (Å²) in [6.45, 7) is 2.10. The van der Waals surface area contributed by atoms with Gasteiger partial charge >= 0.3 is 0 Å². The molecule has 112 valence electrons. The van der Waals surface area contributed by atoms with E-state index in [1.807, 2.05) is 24.3 Å². The van der Waals surface area contributed by atoms with E-state index in [-0.39, 0.29) is 23.7 Å². The fraction of sp³-hybridized carbons (Fsp3) is 0.474. The van der Waals surface area contributed by atoms with E-state index in [1.54, 1.807) is 0 Å². The molecule has 1 aliphatic heterocycles. The average molecular weight is 293 g/mol. The minimum Gasteiger partial charge on any atom is -0.274 e. The Labute approximate surface area is 130 Å². The van der Waals surface area contributed by atoms with Crippen LogP contribution in [0.2, 0.25) is 0 Å². The lowest BCUT2D eigenvalue weighted by Crippen LogP contribution is -2.40. The minimum atomic E-state index is -0.0999. The molecule has 4 aliphatic carbocycles. The number of anilines is 1. The van der Waals surface area contributed by atoms with Crippen LogP contribution < -0.4 is 4.90 Å². The van der Waals surface area contributed by atoms with Crippen LogP contribution in [0.1, 0.15) is 18.9 Å². The Balaban J connectivity index is 1.54. The van der Waals surface area contributed by atoms with Crippen molar-refractivity contribution in [3.8, 4) is 0 Å². The van der Waals surface area contributed by atoms with Gasteiger partial charge in [0.1, 0.15) is 0 Å². The molecule has 1 aromatic rings. The molecule has 2 amide bonds. The van der Waals surface area contributed by atoms with Crippen molar-refractivity contribution in [3.63, 3.8) is 0 Å². The maximum atomic E-state index is 12.9. The number of carbonyl (C=O) groups excluding carboxylic acids is 2. The molecule has 0 radical (unpaired) electrons. The minimum absolute atomic E-state index is 0.0314. The van der Waals surface area contributed by atoms with Crippen molar-refractivity contribution in [3.05, 3.63) is 42.0 Å². The smallest absolute Gasteiger partial charge is 0.238 e. The molecule has 6 rings (SSSR count). The number of hydrogen-bond acceptors (Lipinski definition) is 2. The third kappa shape index (κ3) is 1.42. The molecule has 2 bridgehead atoms. The van der Waals surface area contributed by atoms with E-state index in [9.17, 15) is 9.59 Å². The monoisotopic (exact) mass is 293 g/mol. The van der Waals surface area contributed by atoms with Crippen LogP contribution in [0, 0.1) is 35.5 Å². The van der Waals surface area contributed by atoms with Crippen LogP contribution in [-0.4, -0.2) is 11.8 Å². The second-order valence-electron chi connectivity index (χ2n) is 7.19. The summed E-state index contributed by atoms with van der Waals surface area (Å²) >= 11 is 0. The van der Waals surface area contributed by atoms with E-state index in [2.05, 4.69) is 19.1 Å². The van der Waals surface area contributed by atoms with Crippen molar-refractivity contribution in [1.82, 2.24) is 0 Å². The quantitative estimate of drug-likeness (QED) is 0.621. The number of nitrogens with zero attached hydrogens (tertiary/aromatic N) is 1. The van der Waals surface area contributed by atoms with Crippen LogP contribution in [-0.2, 0) is 16.0 Å². The van der Waals surface area contributed by atoms with E-state index >= 15 is 0 Å². The van der Waals surface area contributed by atoms with Crippen molar-refractivity contribution in [2.75, 3.05) is 4.90 Å². The van der Waals surface area contributed by atoms with Crippen molar-refractivity contribution >= 4 is 17.5 Å². The lowest BCUT2D eigenvalue weighted by atomic mass is 9.63. The highest BCUT2D eigenvalue weighted by Crippen LogP contribution is 2.65. The van der Waals surface area contributed by atoms with Gasteiger partial charge in [-0.2, -0.15) is 0 Å². The molecule has 2 saturated carbocycles. The predicted octanol–water partition coefficient (Wildman–Crippen LogP) is 2.81. The molecular formula is C19H19NO2. The van der Waals surface area contributed by atoms with Gasteiger partial charge in [0.2, 0.25) is 11.8 Å². The van der Waals surface area contributed by atoms with E-state index in [0.29, 0.717) is 23.7 Å². The van der Waals surface area contributed by atoms with Gasteiger partial charge in [-0.15, -0.1) is 0 Å². The SMILES string of the molecule is CCc1ccc(N2C(=O)[C@@H]3[C@H]4C=C[C@@H]([C@@H]5C[C@H]45)[C@H]3C2=O)cc1. The van der Waals surface area contributed by atoms with Crippen molar-refractivity contribution in [2.24, 2.45) is 35.5 Å². The first-order valence-corrected chi connectivity index (χ1v) is 8.35. The molecule has 0 spiro atoms. The lowest BCUT2D eigenvalue weighted by molar-refractivity contribution is -0.124. The van der Waals surface area contributed by atoms with Gasteiger partial charge in [-0.25, -0.2) is 0 Å². The average Bonchev–Trinajstić information content (AvgIpc) is 3.32. The molecule has 3 nitrogen and oxygen atoms in total. The zero-order valence-corrected chi connectivity index (χ0v) is 12.6. The zero-order valence-electron chi connectivity index (χ0n) is 12.6. The third-order valence-corrected chi connectivity index (χ3v) is 6.27. The molecule has 3 heteroatoms. The summed E-state index contributed by atoms with van der Waals surface area (Å²) in [6, 6.07) is 7.87. The Morgan fingerprint density at radius 2 is 1.50 bits per heavy atom. The van der Waals surface area contributed by atoms with Crippen LogP contribution in [0.15, 0.2) is 36.4 Å². The van der Waals surface area contributed by atoms with E-state index in [4.69, 9.17) is 0 Å². The van der Waals surface area contributed by atoms with Crippen LogP contribution in [0.25, 0.3) is 0 Å². The number of imide groups is 1. The first-order valence-electron chi connectivity index (χ1n) is 8.35. The van der Waals surface area contributed by atoms with E-state index < -0.39 is 0 Å². The number of hydrogen-bond donors (Lipinski definition) is 0. The standard InChI is InChI=1S/C19H19NO2/c1-2-10-3-5-11(6-4-10)20-18(21)16-12-7-8-13(15-9-14(12)15)17(16)19(20)22/h3-8,12-17H,2,9H2,1H3/t12-,13-,14-,15+,16+,17+/m0/s1. The summed E-state index contributed by atoms with van der Waals surface area (Å²) in [6.07, 6.45) is 6.61. The highest BCUT2D eigenvalue weighted by atomic mass is 16.2. The number of amides is 2. The second-order valence-corrected chi connectivity index (χ2v) is 7.19. The maximum absolute atomic E-state index is 12.9. The Morgan fingerprint density at radius 3 is 2.00 bits per heavy atom. The first-order chi connectivity index (χ1) is 10.7. The summed E-state index contributed by atoms with van der Waals surface area (Å²) in [7, 11) is 0. The van der Waals surface area contributed by atoms with Gasteiger partial charge in [0.15, 0.2) is 0 Å². The first kappa shape index (κ1) is 12.6. The fourth-order valence-corrected chi connectivity index (χ4v) is 5.09. The summed E-state index contributed by atoms with van der Waals surface area (Å²) < 4.78 is 0. The van der Waals surface area contributed by atoms with Crippen LogP contribution >= 0.6 is 0 Å². The Hall–Kier alpha value is -1.90. The van der Waals surface area contributed by atoms with Gasteiger partial charge in [-0.1, -0.05) is 31.2 Å². The molecule has 1 heterocycles. The van der Waals surface area contributed by atoms with Crippen molar-refractivity contribution < 1.29 is 9.59 Å². The Bertz CT molecular complexity index is 669. The van der Waals surface area contributed by atoms with Gasteiger partial charge in [0.25, 0.3) is 0 Å². The zero-order chi connectivity index (χ0) is 15.0. The normalized spacial score (nSPS) is 40.9. The summed E-state index contributed by atoms with van der Waals surface area (Å²) in [5.74, 6) is 1.79. The highest BCUT2D eigenvalue weighted by Gasteiger charge is 2.67. The molecular weight excluding hydrogens is 274 g/mol. The molecule has 1 aromatic carbocycles. The number of carbonyl (C=O) groups is 2. The second kappa shape index (κ2) is 4.09. The van der Waals surface area contributed by atoms with Gasteiger partial charge in [0, 0.05) is 0 Å². The fourth-order valence-electron chi connectivity index (χ4n) is 5.09. The molecule has 0 N–H and O–H groups in total. The molecule has 0 unspecified atom stereocenters. The summed E-state index contributed by atoms with van der Waals surface area (Å²) in [5.41, 5.74) is 1.97. The number of aryl methyl sites for hydroxylation is 1. The highest BCUT2D eigenvalue weighted by molar-refractivity contribution is 6.22. The lowest BCUT2D eigenvalue weighted by Gasteiger charge is -2.37. The maximum Gasteiger partial charge on any atom is 0.238 e. The van der Waals surface area contributed by atoms with Crippen molar-refractivity contribution in [1.29, 1.82) is 0 Å². The van der Waals surface area contributed by atoms with Crippen LogP contribution in [0.3, 0.4) is 0 Å². The molecule has 5 aliphatic rings. The van der Waals surface area contributed by atoms with Crippen molar-refractivity contribution in [2.45, 2.75) is 19.8 Å².